The lowest BCUT2D eigenvalue weighted by Gasteiger charge is -2.22. The van der Waals surface area contributed by atoms with Crippen molar-refractivity contribution in [1.29, 1.82) is 0 Å². The van der Waals surface area contributed by atoms with Crippen molar-refractivity contribution in [2.45, 2.75) is 18.4 Å². The summed E-state index contributed by atoms with van der Waals surface area (Å²) in [5, 5.41) is 10.7. The predicted octanol–water partition coefficient (Wildman–Crippen LogP) is 3.72. The number of aryl methyl sites for hydroxylation is 1. The summed E-state index contributed by atoms with van der Waals surface area (Å²) < 4.78 is 13.8. The zero-order chi connectivity index (χ0) is 12.0. The molecule has 1 aromatic heterocycles. The van der Waals surface area contributed by atoms with Crippen molar-refractivity contribution in [2.75, 3.05) is 0 Å². The third-order valence-corrected chi connectivity index (χ3v) is 4.63. The number of thiophene rings is 1. The average molecular weight is 269 g/mol. The fourth-order valence-electron chi connectivity index (χ4n) is 2.42. The number of aliphatic hydroxyl groups is 1. The van der Waals surface area contributed by atoms with E-state index >= 15 is 0 Å². The van der Waals surface area contributed by atoms with Crippen LogP contribution in [0, 0.1) is 5.82 Å². The first-order valence-corrected chi connectivity index (χ1v) is 6.56. The molecule has 2 aromatic rings. The molecule has 17 heavy (non-hydrogen) atoms. The van der Waals surface area contributed by atoms with Crippen LogP contribution < -0.4 is 0 Å². The van der Waals surface area contributed by atoms with Gasteiger partial charge in [0.15, 0.2) is 0 Å². The van der Waals surface area contributed by atoms with Gasteiger partial charge in [0.05, 0.1) is 4.34 Å². The van der Waals surface area contributed by atoms with E-state index in [0.29, 0.717) is 17.2 Å². The number of halogens is 2. The number of hydrogen-bond donors (Lipinski definition) is 1. The fourth-order valence-corrected chi connectivity index (χ4v) is 3.59. The third kappa shape index (κ3) is 1.69. The maximum absolute atomic E-state index is 13.1. The van der Waals surface area contributed by atoms with Crippen molar-refractivity contribution in [2.24, 2.45) is 0 Å². The molecule has 0 saturated heterocycles. The summed E-state index contributed by atoms with van der Waals surface area (Å²) in [5.41, 5.74) is 0.690. The van der Waals surface area contributed by atoms with Crippen LogP contribution in [0.4, 0.5) is 4.39 Å². The van der Waals surface area contributed by atoms with Gasteiger partial charge in [-0.15, -0.1) is 11.3 Å². The molecule has 0 fully saturated rings. The summed E-state index contributed by atoms with van der Waals surface area (Å²) >= 11 is 7.27. The molecular weight excluding hydrogens is 259 g/mol. The Morgan fingerprint density at radius 1 is 1.29 bits per heavy atom. The second kappa shape index (κ2) is 3.80. The van der Waals surface area contributed by atoms with Gasteiger partial charge in [0.25, 0.3) is 0 Å². The predicted molar refractivity (Wildman–Crippen MR) is 67.0 cm³/mol. The summed E-state index contributed by atoms with van der Waals surface area (Å²) in [6, 6.07) is 8.19. The van der Waals surface area contributed by atoms with Crippen molar-refractivity contribution in [3.05, 3.63) is 56.5 Å². The van der Waals surface area contributed by atoms with E-state index < -0.39 is 5.60 Å². The van der Waals surface area contributed by atoms with Crippen LogP contribution in [0.1, 0.15) is 22.4 Å². The molecule has 1 atom stereocenters. The van der Waals surface area contributed by atoms with Crippen molar-refractivity contribution in [3.8, 4) is 0 Å². The molecule has 0 amide bonds. The Labute approximate surface area is 107 Å². The van der Waals surface area contributed by atoms with Crippen LogP contribution in [0.3, 0.4) is 0 Å². The van der Waals surface area contributed by atoms with Gasteiger partial charge in [-0.3, -0.25) is 0 Å². The topological polar surface area (TPSA) is 20.2 Å². The van der Waals surface area contributed by atoms with Crippen molar-refractivity contribution in [1.82, 2.24) is 0 Å². The third-order valence-electron chi connectivity index (χ3n) is 3.25. The molecule has 1 aromatic carbocycles. The maximum atomic E-state index is 13.1. The minimum atomic E-state index is -0.999. The minimum Gasteiger partial charge on any atom is -0.380 e. The second-order valence-electron chi connectivity index (χ2n) is 4.27. The van der Waals surface area contributed by atoms with E-state index in [2.05, 4.69) is 0 Å². The van der Waals surface area contributed by atoms with E-state index in [9.17, 15) is 9.50 Å². The average Bonchev–Trinajstić information content (AvgIpc) is 2.85. The Bertz CT molecular complexity index is 581. The number of hydrogen-bond acceptors (Lipinski definition) is 2. The molecule has 1 unspecified atom stereocenters. The summed E-state index contributed by atoms with van der Waals surface area (Å²) in [7, 11) is 0. The molecule has 3 rings (SSSR count). The number of rotatable bonds is 1. The number of benzene rings is 1. The second-order valence-corrected chi connectivity index (χ2v) is 5.98. The van der Waals surface area contributed by atoms with Gasteiger partial charge in [0.2, 0.25) is 0 Å². The van der Waals surface area contributed by atoms with Gasteiger partial charge in [-0.25, -0.2) is 4.39 Å². The maximum Gasteiger partial charge on any atom is 0.124 e. The van der Waals surface area contributed by atoms with E-state index in [1.165, 1.54) is 23.5 Å². The Morgan fingerprint density at radius 3 is 2.82 bits per heavy atom. The highest BCUT2D eigenvalue weighted by atomic mass is 35.5. The van der Waals surface area contributed by atoms with Crippen molar-refractivity contribution in [3.63, 3.8) is 0 Å². The molecule has 88 valence electrons. The molecule has 1 heterocycles. The Balaban J connectivity index is 2.13. The molecule has 0 aliphatic heterocycles. The first kappa shape index (κ1) is 11.2. The number of fused-ring (bicyclic) bond motifs is 1. The molecule has 0 bridgehead atoms. The zero-order valence-electron chi connectivity index (χ0n) is 8.91. The van der Waals surface area contributed by atoms with Gasteiger partial charge in [0, 0.05) is 4.88 Å². The van der Waals surface area contributed by atoms with Crippen LogP contribution in [0.5, 0.6) is 0 Å². The van der Waals surface area contributed by atoms with Gasteiger partial charge >= 0.3 is 0 Å². The molecule has 1 aliphatic carbocycles. The zero-order valence-corrected chi connectivity index (χ0v) is 10.5. The standard InChI is InChI=1S/C13H10ClFOS/c14-12-4-3-11(17-12)13(16)6-5-8-7-9(15)1-2-10(8)13/h1-4,7,16H,5-6H2. The van der Waals surface area contributed by atoms with Gasteiger partial charge in [-0.2, -0.15) is 0 Å². The smallest absolute Gasteiger partial charge is 0.124 e. The van der Waals surface area contributed by atoms with Crippen molar-refractivity contribution < 1.29 is 9.50 Å². The highest BCUT2D eigenvalue weighted by Crippen LogP contribution is 2.45. The monoisotopic (exact) mass is 268 g/mol. The lowest BCUT2D eigenvalue weighted by molar-refractivity contribution is 0.0868. The summed E-state index contributed by atoms with van der Waals surface area (Å²) in [6.45, 7) is 0. The van der Waals surface area contributed by atoms with Gasteiger partial charge in [-0.05, 0) is 48.2 Å². The highest BCUT2D eigenvalue weighted by molar-refractivity contribution is 7.16. The normalized spacial score (nSPS) is 22.8. The molecule has 1 nitrogen and oxygen atoms in total. The van der Waals surface area contributed by atoms with Crippen LogP contribution >= 0.6 is 22.9 Å². The van der Waals surface area contributed by atoms with Crippen LogP contribution in [0.15, 0.2) is 30.3 Å². The van der Waals surface area contributed by atoms with Gasteiger partial charge < -0.3 is 5.11 Å². The van der Waals surface area contributed by atoms with Gasteiger partial charge in [0.1, 0.15) is 11.4 Å². The molecule has 0 spiro atoms. The van der Waals surface area contributed by atoms with Crippen molar-refractivity contribution >= 4 is 22.9 Å². The van der Waals surface area contributed by atoms with Gasteiger partial charge in [-0.1, -0.05) is 17.7 Å². The fraction of sp³-hybridized carbons (Fsp3) is 0.231. The van der Waals surface area contributed by atoms with E-state index in [1.807, 2.05) is 6.07 Å². The molecule has 0 saturated carbocycles. The first-order chi connectivity index (χ1) is 8.09. The van der Waals surface area contributed by atoms with E-state index in [0.717, 1.165) is 16.0 Å². The quantitative estimate of drug-likeness (QED) is 0.836. The Morgan fingerprint density at radius 2 is 2.12 bits per heavy atom. The molecule has 1 aliphatic rings. The SMILES string of the molecule is OC1(c2ccc(Cl)s2)CCc2cc(F)ccc21. The Hall–Kier alpha value is -0.900. The van der Waals surface area contributed by atoms with Crippen LogP contribution in [-0.4, -0.2) is 5.11 Å². The van der Waals surface area contributed by atoms with Crippen LogP contribution in [0.25, 0.3) is 0 Å². The summed E-state index contributed by atoms with van der Waals surface area (Å²) in [5.74, 6) is -0.253. The molecular formula is C13H10ClFOS. The van der Waals surface area contributed by atoms with Crippen LogP contribution in [0.2, 0.25) is 4.34 Å². The summed E-state index contributed by atoms with van der Waals surface area (Å²) in [6.07, 6.45) is 1.28. The van der Waals surface area contributed by atoms with E-state index in [-0.39, 0.29) is 5.82 Å². The largest absolute Gasteiger partial charge is 0.380 e. The lowest BCUT2D eigenvalue weighted by atomic mass is 9.94. The molecule has 1 N–H and O–H groups in total. The lowest BCUT2D eigenvalue weighted by Crippen LogP contribution is -2.22. The summed E-state index contributed by atoms with van der Waals surface area (Å²) in [4.78, 5) is 0.827. The molecule has 4 heteroatoms. The minimum absolute atomic E-state index is 0.253. The first-order valence-electron chi connectivity index (χ1n) is 5.37. The van der Waals surface area contributed by atoms with E-state index in [4.69, 9.17) is 11.6 Å². The Kier molecular flexibility index (Phi) is 2.51. The van der Waals surface area contributed by atoms with Crippen LogP contribution in [-0.2, 0) is 12.0 Å². The molecule has 0 radical (unpaired) electrons. The van der Waals surface area contributed by atoms with E-state index in [1.54, 1.807) is 12.1 Å². The highest BCUT2D eigenvalue weighted by Gasteiger charge is 2.39.